The minimum absolute atomic E-state index is 0.418. The summed E-state index contributed by atoms with van der Waals surface area (Å²) in [6.45, 7) is 1.55. The van der Waals surface area contributed by atoms with Crippen LogP contribution in [-0.4, -0.2) is 25.3 Å². The highest BCUT2D eigenvalue weighted by atomic mass is 16.5. The predicted octanol–water partition coefficient (Wildman–Crippen LogP) is -0.742. The van der Waals surface area contributed by atoms with Crippen LogP contribution >= 0.6 is 0 Å². The van der Waals surface area contributed by atoms with E-state index < -0.39 is 5.63 Å². The average Bonchev–Trinajstić information content (AvgIpc) is 2.52. The van der Waals surface area contributed by atoms with E-state index in [2.05, 4.69) is 15.0 Å². The third-order valence-corrected chi connectivity index (χ3v) is 1.65. The first kappa shape index (κ1) is 9.82. The molecule has 0 atom stereocenters. The summed E-state index contributed by atoms with van der Waals surface area (Å²) in [5.74, 6) is 6.13. The molecular weight excluding hydrogens is 172 g/mol. The van der Waals surface area contributed by atoms with E-state index in [1.165, 1.54) is 11.1 Å². The van der Waals surface area contributed by atoms with Crippen LogP contribution < -0.4 is 21.8 Å². The number of aromatic nitrogens is 1. The molecule has 74 valence electrons. The van der Waals surface area contributed by atoms with E-state index in [1.807, 2.05) is 7.05 Å². The normalized spacial score (nSPS) is 10.3. The first-order valence-corrected chi connectivity index (χ1v) is 4.09. The largest absolute Gasteiger partial charge is 0.359 e. The van der Waals surface area contributed by atoms with Crippen LogP contribution in [0.15, 0.2) is 15.4 Å². The van der Waals surface area contributed by atoms with Gasteiger partial charge in [0.15, 0.2) is 5.82 Å². The molecule has 13 heavy (non-hydrogen) atoms. The number of hydrogen-bond donors (Lipinski definition) is 3. The summed E-state index contributed by atoms with van der Waals surface area (Å²) in [5, 5.41) is 6.87. The fourth-order valence-corrected chi connectivity index (χ4v) is 0.961. The van der Waals surface area contributed by atoms with Crippen LogP contribution in [0.5, 0.6) is 0 Å². The van der Waals surface area contributed by atoms with Gasteiger partial charge in [-0.25, -0.2) is 15.8 Å². The van der Waals surface area contributed by atoms with Gasteiger partial charge in [0, 0.05) is 6.54 Å². The summed E-state index contributed by atoms with van der Waals surface area (Å²) in [7, 11) is 1.88. The highest BCUT2D eigenvalue weighted by Crippen LogP contribution is 2.01. The van der Waals surface area contributed by atoms with Gasteiger partial charge in [-0.1, -0.05) is 0 Å². The van der Waals surface area contributed by atoms with E-state index in [0.29, 0.717) is 12.4 Å². The van der Waals surface area contributed by atoms with Crippen molar-refractivity contribution in [2.24, 2.45) is 5.84 Å². The van der Waals surface area contributed by atoms with Crippen molar-refractivity contribution in [1.82, 2.24) is 10.5 Å². The number of nitrogens with two attached hydrogens (primary N) is 1. The van der Waals surface area contributed by atoms with Crippen molar-refractivity contribution in [3.63, 3.8) is 0 Å². The Hall–Kier alpha value is -1.27. The molecule has 1 heterocycles. The molecule has 0 amide bonds. The lowest BCUT2D eigenvalue weighted by Gasteiger charge is -2.14. The third kappa shape index (κ3) is 2.92. The molecular formula is C7H14N4O2. The Morgan fingerprint density at radius 2 is 2.54 bits per heavy atom. The predicted molar refractivity (Wildman–Crippen MR) is 49.4 cm³/mol. The summed E-state index contributed by atoms with van der Waals surface area (Å²) in [6, 6.07) is 1.32. The molecule has 1 aromatic heterocycles. The maximum atomic E-state index is 10.6. The third-order valence-electron chi connectivity index (χ3n) is 1.65. The number of nitrogens with one attached hydrogen (secondary N) is 2. The van der Waals surface area contributed by atoms with Crippen molar-refractivity contribution in [2.45, 2.75) is 6.42 Å². The van der Waals surface area contributed by atoms with E-state index in [0.717, 1.165) is 13.0 Å². The summed E-state index contributed by atoms with van der Waals surface area (Å²) in [4.78, 5) is 10.6. The summed E-state index contributed by atoms with van der Waals surface area (Å²) in [5.41, 5.74) is -0.418. The number of hydrogen-bond acceptors (Lipinski definition) is 5. The zero-order chi connectivity index (χ0) is 9.68. The summed E-state index contributed by atoms with van der Waals surface area (Å²) < 4.78 is 4.47. The van der Waals surface area contributed by atoms with Gasteiger partial charge < -0.3 is 9.84 Å². The van der Waals surface area contributed by atoms with Crippen LogP contribution in [-0.2, 0) is 0 Å². The topological polar surface area (TPSA) is 87.3 Å². The Balaban J connectivity index is 2.39. The van der Waals surface area contributed by atoms with Crippen LogP contribution in [0.1, 0.15) is 6.42 Å². The van der Waals surface area contributed by atoms with Gasteiger partial charge >= 0.3 is 5.63 Å². The van der Waals surface area contributed by atoms with Gasteiger partial charge in [0.05, 0.1) is 6.07 Å². The Bertz CT molecular complexity index is 293. The fraction of sp³-hybridized carbons (Fsp3) is 0.571. The van der Waals surface area contributed by atoms with Crippen LogP contribution in [0.4, 0.5) is 5.82 Å². The highest BCUT2D eigenvalue weighted by molar-refractivity contribution is 5.32. The molecule has 6 nitrogen and oxygen atoms in total. The number of nitrogens with zero attached hydrogens (tertiary/aromatic N) is 1. The molecule has 0 aliphatic rings. The maximum Gasteiger partial charge on any atom is 0.359 e. The van der Waals surface area contributed by atoms with Gasteiger partial charge in [-0.05, 0) is 20.0 Å². The van der Waals surface area contributed by atoms with Gasteiger partial charge in [-0.15, -0.1) is 0 Å². The lowest BCUT2D eigenvalue weighted by Crippen LogP contribution is -2.33. The van der Waals surface area contributed by atoms with Gasteiger partial charge in [-0.2, -0.15) is 0 Å². The van der Waals surface area contributed by atoms with Crippen molar-refractivity contribution in [1.29, 1.82) is 0 Å². The molecule has 6 heteroatoms. The Morgan fingerprint density at radius 1 is 1.77 bits per heavy atom. The van der Waals surface area contributed by atoms with Gasteiger partial charge in [-0.3, -0.25) is 5.01 Å². The Morgan fingerprint density at radius 3 is 3.08 bits per heavy atom. The van der Waals surface area contributed by atoms with E-state index in [9.17, 15) is 4.79 Å². The van der Waals surface area contributed by atoms with Crippen LogP contribution in [0.3, 0.4) is 0 Å². The minimum atomic E-state index is -0.418. The molecule has 0 aliphatic carbocycles. The molecule has 0 saturated carbocycles. The van der Waals surface area contributed by atoms with Crippen molar-refractivity contribution >= 4 is 5.82 Å². The van der Waals surface area contributed by atoms with Gasteiger partial charge in [0.25, 0.3) is 0 Å². The molecule has 0 aromatic carbocycles. The molecule has 0 spiro atoms. The van der Waals surface area contributed by atoms with E-state index in [1.54, 1.807) is 0 Å². The summed E-state index contributed by atoms with van der Waals surface area (Å²) in [6.07, 6.45) is 0.903. The molecule has 0 radical (unpaired) electrons. The molecule has 1 rings (SSSR count). The zero-order valence-electron chi connectivity index (χ0n) is 7.54. The van der Waals surface area contributed by atoms with E-state index >= 15 is 0 Å². The van der Waals surface area contributed by atoms with Crippen LogP contribution in [0.25, 0.3) is 0 Å². The highest BCUT2D eigenvalue weighted by Gasteiger charge is 2.03. The maximum absolute atomic E-state index is 10.6. The Kier molecular flexibility index (Phi) is 3.53. The molecule has 0 unspecified atom stereocenters. The number of aromatic amines is 1. The van der Waals surface area contributed by atoms with Crippen LogP contribution in [0, 0.1) is 0 Å². The minimum Gasteiger partial charge on any atom is -0.337 e. The number of H-pyrrole nitrogens is 1. The standard InChI is InChI=1S/C7H14N4O2/c1-9-3-2-4-11(8)6-5-7(12)13-10-6/h5,9-10H,2-4,8H2,1H3. The summed E-state index contributed by atoms with van der Waals surface area (Å²) >= 11 is 0. The first-order valence-electron chi connectivity index (χ1n) is 4.09. The smallest absolute Gasteiger partial charge is 0.337 e. The molecule has 0 fully saturated rings. The van der Waals surface area contributed by atoms with Crippen molar-refractivity contribution in [3.05, 3.63) is 16.5 Å². The molecule has 0 saturated heterocycles. The molecule has 4 N–H and O–H groups in total. The molecule has 0 bridgehead atoms. The van der Waals surface area contributed by atoms with E-state index in [-0.39, 0.29) is 0 Å². The SMILES string of the molecule is CNCCCN(N)c1cc(=O)o[nH]1. The van der Waals surface area contributed by atoms with Gasteiger partial charge in [0.1, 0.15) is 0 Å². The van der Waals surface area contributed by atoms with E-state index in [4.69, 9.17) is 5.84 Å². The van der Waals surface area contributed by atoms with Gasteiger partial charge in [0.2, 0.25) is 0 Å². The van der Waals surface area contributed by atoms with Crippen LogP contribution in [0.2, 0.25) is 0 Å². The second-order valence-electron chi connectivity index (χ2n) is 2.70. The average molecular weight is 186 g/mol. The number of hydrazine groups is 1. The second kappa shape index (κ2) is 4.68. The lowest BCUT2D eigenvalue weighted by atomic mass is 10.4. The molecule has 1 aromatic rings. The first-order chi connectivity index (χ1) is 6.24. The van der Waals surface area contributed by atoms with Crippen molar-refractivity contribution in [2.75, 3.05) is 25.1 Å². The Labute approximate surface area is 75.6 Å². The molecule has 0 aliphatic heterocycles. The fourth-order valence-electron chi connectivity index (χ4n) is 0.961. The zero-order valence-corrected chi connectivity index (χ0v) is 7.54. The second-order valence-corrected chi connectivity index (χ2v) is 2.70. The lowest BCUT2D eigenvalue weighted by molar-refractivity contribution is 0.391. The van der Waals surface area contributed by atoms with Crippen molar-refractivity contribution < 1.29 is 4.52 Å². The monoisotopic (exact) mass is 186 g/mol. The number of anilines is 1. The number of rotatable bonds is 5. The van der Waals surface area contributed by atoms with Crippen molar-refractivity contribution in [3.8, 4) is 0 Å². The quantitative estimate of drug-likeness (QED) is 0.320.